The molecule has 2 rings (SSSR count). The summed E-state index contributed by atoms with van der Waals surface area (Å²) in [7, 11) is 0. The van der Waals surface area contributed by atoms with Gasteiger partial charge in [0.25, 0.3) is 0 Å². The molecule has 0 aliphatic carbocycles. The minimum atomic E-state index is 0.165. The van der Waals surface area contributed by atoms with E-state index in [-0.39, 0.29) is 6.10 Å². The molecule has 2 N–H and O–H groups in total. The molecule has 0 aromatic heterocycles. The van der Waals surface area contributed by atoms with E-state index in [0.717, 1.165) is 49.7 Å². The van der Waals surface area contributed by atoms with Crippen LogP contribution in [0.25, 0.3) is 0 Å². The van der Waals surface area contributed by atoms with Gasteiger partial charge in [-0.05, 0) is 13.3 Å². The summed E-state index contributed by atoms with van der Waals surface area (Å²) < 4.78 is 5.68. The number of rotatable bonds is 3. The summed E-state index contributed by atoms with van der Waals surface area (Å²) in [6.45, 7) is 9.62. The van der Waals surface area contributed by atoms with Crippen LogP contribution in [-0.2, 0) is 4.74 Å². The number of ether oxygens (including phenoxy) is 1. The third kappa shape index (κ3) is 3.42. The van der Waals surface area contributed by atoms with Crippen LogP contribution in [-0.4, -0.2) is 54.7 Å². The molecule has 2 unspecified atom stereocenters. The maximum atomic E-state index is 6.05. The van der Waals surface area contributed by atoms with Gasteiger partial charge in [0.2, 0.25) is 0 Å². The van der Waals surface area contributed by atoms with Crippen molar-refractivity contribution in [3.63, 3.8) is 0 Å². The van der Waals surface area contributed by atoms with Gasteiger partial charge in [0.05, 0.1) is 6.10 Å². The molecule has 0 saturated carbocycles. The van der Waals surface area contributed by atoms with Gasteiger partial charge in [-0.3, -0.25) is 4.99 Å². The van der Waals surface area contributed by atoms with Gasteiger partial charge in [-0.2, -0.15) is 11.8 Å². The Morgan fingerprint density at radius 2 is 2.22 bits per heavy atom. The molecular formula is C13H23N3OS. The molecule has 0 aromatic carbocycles. The van der Waals surface area contributed by atoms with E-state index in [2.05, 4.69) is 16.5 Å². The standard InChI is InChI=1S/C13H23N3OS/c1-10(2)12-11(3-6-17-12)9-15-13(14)16-4-7-18-8-5-16/h11-12H,1,3-9H2,2H3,(H2,14,15). The first-order valence-electron chi connectivity index (χ1n) is 6.58. The molecule has 0 spiro atoms. The fourth-order valence-electron chi connectivity index (χ4n) is 2.47. The Morgan fingerprint density at radius 3 is 2.89 bits per heavy atom. The summed E-state index contributed by atoms with van der Waals surface area (Å²) in [5.74, 6) is 3.44. The van der Waals surface area contributed by atoms with E-state index in [1.165, 1.54) is 0 Å². The number of thioether (sulfide) groups is 1. The summed E-state index contributed by atoms with van der Waals surface area (Å²) in [5.41, 5.74) is 7.15. The molecule has 5 heteroatoms. The van der Waals surface area contributed by atoms with Crippen LogP contribution in [0.1, 0.15) is 13.3 Å². The second kappa shape index (κ2) is 6.48. The maximum Gasteiger partial charge on any atom is 0.191 e. The number of hydrogen-bond acceptors (Lipinski definition) is 3. The predicted octanol–water partition coefficient (Wildman–Crippen LogP) is 1.33. The highest BCUT2D eigenvalue weighted by Gasteiger charge is 2.28. The van der Waals surface area contributed by atoms with E-state index in [4.69, 9.17) is 10.5 Å². The lowest BCUT2D eigenvalue weighted by atomic mass is 9.97. The van der Waals surface area contributed by atoms with E-state index >= 15 is 0 Å². The fourth-order valence-corrected chi connectivity index (χ4v) is 3.37. The van der Waals surface area contributed by atoms with Crippen molar-refractivity contribution in [2.45, 2.75) is 19.4 Å². The first-order valence-corrected chi connectivity index (χ1v) is 7.73. The summed E-state index contributed by atoms with van der Waals surface area (Å²) in [4.78, 5) is 6.74. The summed E-state index contributed by atoms with van der Waals surface area (Å²) in [6.07, 6.45) is 1.22. The molecule has 0 radical (unpaired) electrons. The van der Waals surface area contributed by atoms with Crippen molar-refractivity contribution in [2.24, 2.45) is 16.6 Å². The van der Waals surface area contributed by atoms with Gasteiger partial charge in [0, 0.05) is 43.7 Å². The minimum absolute atomic E-state index is 0.165. The zero-order chi connectivity index (χ0) is 13.0. The number of guanidine groups is 1. The Hall–Kier alpha value is -0.680. The van der Waals surface area contributed by atoms with Crippen molar-refractivity contribution >= 4 is 17.7 Å². The zero-order valence-corrected chi connectivity index (χ0v) is 11.9. The molecule has 0 aromatic rings. The van der Waals surface area contributed by atoms with Crippen LogP contribution < -0.4 is 5.73 Å². The van der Waals surface area contributed by atoms with E-state index in [9.17, 15) is 0 Å². The molecule has 2 fully saturated rings. The van der Waals surface area contributed by atoms with Crippen molar-refractivity contribution in [1.82, 2.24) is 4.90 Å². The lowest BCUT2D eigenvalue weighted by Gasteiger charge is -2.27. The van der Waals surface area contributed by atoms with Crippen LogP contribution in [0.15, 0.2) is 17.1 Å². The van der Waals surface area contributed by atoms with Crippen LogP contribution in [0.5, 0.6) is 0 Å². The number of nitrogens with two attached hydrogens (primary N) is 1. The predicted molar refractivity (Wildman–Crippen MR) is 78.0 cm³/mol. The summed E-state index contributed by atoms with van der Waals surface area (Å²) in [6, 6.07) is 0. The van der Waals surface area contributed by atoms with Crippen molar-refractivity contribution < 1.29 is 4.74 Å². The topological polar surface area (TPSA) is 50.9 Å². The molecule has 2 aliphatic rings. The SMILES string of the molecule is C=C(C)C1OCCC1CN=C(N)N1CCSCC1. The molecule has 0 amide bonds. The third-order valence-electron chi connectivity index (χ3n) is 3.52. The highest BCUT2D eigenvalue weighted by molar-refractivity contribution is 7.99. The van der Waals surface area contributed by atoms with E-state index < -0.39 is 0 Å². The van der Waals surface area contributed by atoms with Gasteiger partial charge in [0.15, 0.2) is 5.96 Å². The smallest absolute Gasteiger partial charge is 0.191 e. The molecule has 18 heavy (non-hydrogen) atoms. The van der Waals surface area contributed by atoms with Gasteiger partial charge >= 0.3 is 0 Å². The Morgan fingerprint density at radius 1 is 1.50 bits per heavy atom. The monoisotopic (exact) mass is 269 g/mol. The largest absolute Gasteiger partial charge is 0.374 e. The van der Waals surface area contributed by atoms with Crippen LogP contribution in [0.3, 0.4) is 0 Å². The average molecular weight is 269 g/mol. The van der Waals surface area contributed by atoms with Gasteiger partial charge in [-0.15, -0.1) is 0 Å². The highest BCUT2D eigenvalue weighted by atomic mass is 32.2. The zero-order valence-electron chi connectivity index (χ0n) is 11.1. The molecule has 0 bridgehead atoms. The van der Waals surface area contributed by atoms with Crippen molar-refractivity contribution in [1.29, 1.82) is 0 Å². The molecular weight excluding hydrogens is 246 g/mol. The molecule has 2 aliphatic heterocycles. The highest BCUT2D eigenvalue weighted by Crippen LogP contribution is 2.26. The fraction of sp³-hybridized carbons (Fsp3) is 0.769. The normalized spacial score (nSPS) is 29.6. The summed E-state index contributed by atoms with van der Waals surface area (Å²) in [5, 5.41) is 0. The molecule has 2 heterocycles. The quantitative estimate of drug-likeness (QED) is 0.477. The first kappa shape index (κ1) is 13.7. The molecule has 4 nitrogen and oxygen atoms in total. The number of aliphatic imine (C=N–C) groups is 1. The number of hydrogen-bond donors (Lipinski definition) is 1. The van der Waals surface area contributed by atoms with E-state index in [1.54, 1.807) is 0 Å². The van der Waals surface area contributed by atoms with Crippen LogP contribution >= 0.6 is 11.8 Å². The third-order valence-corrected chi connectivity index (χ3v) is 4.47. The van der Waals surface area contributed by atoms with E-state index in [0.29, 0.717) is 11.9 Å². The lowest BCUT2D eigenvalue weighted by Crippen LogP contribution is -2.43. The number of nitrogens with zero attached hydrogens (tertiary/aromatic N) is 2. The Bertz CT molecular complexity index is 326. The van der Waals surface area contributed by atoms with Crippen molar-refractivity contribution in [3.05, 3.63) is 12.2 Å². The second-order valence-corrected chi connectivity index (χ2v) is 6.21. The van der Waals surface area contributed by atoms with Crippen LogP contribution in [0, 0.1) is 5.92 Å². The first-order chi connectivity index (χ1) is 8.68. The Labute approximate surface area is 114 Å². The van der Waals surface area contributed by atoms with Gasteiger partial charge in [0.1, 0.15) is 0 Å². The lowest BCUT2D eigenvalue weighted by molar-refractivity contribution is 0.120. The van der Waals surface area contributed by atoms with Gasteiger partial charge < -0.3 is 15.4 Å². The second-order valence-electron chi connectivity index (χ2n) is 4.98. The summed E-state index contributed by atoms with van der Waals surface area (Å²) >= 11 is 1.98. The average Bonchev–Trinajstić information content (AvgIpc) is 2.85. The maximum absolute atomic E-state index is 6.05. The van der Waals surface area contributed by atoms with E-state index in [1.807, 2.05) is 18.7 Å². The Balaban J connectivity index is 1.86. The van der Waals surface area contributed by atoms with Crippen molar-refractivity contribution in [2.75, 3.05) is 37.7 Å². The van der Waals surface area contributed by atoms with Gasteiger partial charge in [-0.25, -0.2) is 0 Å². The van der Waals surface area contributed by atoms with Crippen LogP contribution in [0.4, 0.5) is 0 Å². The molecule has 2 atom stereocenters. The molecule has 102 valence electrons. The van der Waals surface area contributed by atoms with Crippen molar-refractivity contribution in [3.8, 4) is 0 Å². The minimum Gasteiger partial charge on any atom is -0.374 e. The van der Waals surface area contributed by atoms with Crippen LogP contribution in [0.2, 0.25) is 0 Å². The Kier molecular flexibility index (Phi) is 4.95. The van der Waals surface area contributed by atoms with Gasteiger partial charge in [-0.1, -0.05) is 12.2 Å². The molecule has 2 saturated heterocycles.